The van der Waals surface area contributed by atoms with Gasteiger partial charge in [-0.25, -0.2) is 4.79 Å². The summed E-state index contributed by atoms with van der Waals surface area (Å²) in [5, 5.41) is 10.3. The molecule has 2 aliphatic carbocycles. The molecule has 9 heteroatoms. The summed E-state index contributed by atoms with van der Waals surface area (Å²) in [6.07, 6.45) is 4.19. The third-order valence-electron chi connectivity index (χ3n) is 8.12. The Morgan fingerprint density at radius 2 is 1.68 bits per heavy atom. The minimum atomic E-state index is -0.707. The number of nitrogens with one attached hydrogen (secondary N) is 1. The summed E-state index contributed by atoms with van der Waals surface area (Å²) in [6, 6.07) is 4.97. The van der Waals surface area contributed by atoms with Crippen LogP contribution in [0.25, 0.3) is 10.9 Å². The molecule has 0 bridgehead atoms. The van der Waals surface area contributed by atoms with E-state index in [0.29, 0.717) is 48.9 Å². The van der Waals surface area contributed by atoms with Crippen LogP contribution >= 0.6 is 0 Å². The van der Waals surface area contributed by atoms with Crippen LogP contribution in [0.15, 0.2) is 27.8 Å². The molecule has 2 amide bonds. The molecule has 2 aromatic rings. The lowest BCUT2D eigenvalue weighted by Gasteiger charge is -2.34. The van der Waals surface area contributed by atoms with Gasteiger partial charge < -0.3 is 19.9 Å². The number of aliphatic hydroxyl groups excluding tert-OH is 1. The maximum absolute atomic E-state index is 13.2. The number of aliphatic hydroxyl groups is 1. The quantitative estimate of drug-likeness (QED) is 0.536. The molecule has 2 fully saturated rings. The van der Waals surface area contributed by atoms with Gasteiger partial charge in [-0.3, -0.25) is 19.0 Å². The zero-order valence-electron chi connectivity index (χ0n) is 22.4. The van der Waals surface area contributed by atoms with Crippen molar-refractivity contribution < 1.29 is 14.7 Å². The van der Waals surface area contributed by atoms with Crippen LogP contribution in [-0.4, -0.2) is 62.5 Å². The Labute approximate surface area is 217 Å². The van der Waals surface area contributed by atoms with Gasteiger partial charge >= 0.3 is 5.69 Å². The molecule has 202 valence electrons. The molecule has 1 aromatic heterocycles. The highest BCUT2D eigenvalue weighted by Gasteiger charge is 2.35. The number of aromatic amines is 1. The molecule has 1 unspecified atom stereocenters. The predicted octanol–water partition coefficient (Wildman–Crippen LogP) is 2.65. The number of likely N-dealkylation sites (N-methyl/N-ethyl adjacent to an activating group) is 2. The van der Waals surface area contributed by atoms with Crippen molar-refractivity contribution in [3.05, 3.63) is 44.6 Å². The van der Waals surface area contributed by atoms with Gasteiger partial charge in [0.05, 0.1) is 17.0 Å². The van der Waals surface area contributed by atoms with Crippen LogP contribution in [0.1, 0.15) is 71.0 Å². The van der Waals surface area contributed by atoms with Crippen molar-refractivity contribution >= 4 is 22.7 Å². The van der Waals surface area contributed by atoms with Crippen LogP contribution in [-0.2, 0) is 16.1 Å². The second kappa shape index (κ2) is 11.2. The Hall–Kier alpha value is -2.94. The van der Waals surface area contributed by atoms with E-state index in [-0.39, 0.29) is 41.2 Å². The number of amides is 2. The molecule has 9 nitrogen and oxygen atoms in total. The number of H-pyrrole nitrogens is 1. The number of hydrogen-bond donors (Lipinski definition) is 2. The van der Waals surface area contributed by atoms with E-state index in [1.54, 1.807) is 30.0 Å². The molecule has 4 rings (SSSR count). The van der Waals surface area contributed by atoms with Gasteiger partial charge in [0.2, 0.25) is 11.8 Å². The van der Waals surface area contributed by atoms with E-state index in [0.717, 1.165) is 25.7 Å². The number of hydrogen-bond acceptors (Lipinski definition) is 5. The highest BCUT2D eigenvalue weighted by molar-refractivity contribution is 5.82. The molecule has 0 radical (unpaired) electrons. The Kier molecular flexibility index (Phi) is 8.21. The number of benzene rings is 1. The first-order chi connectivity index (χ1) is 17.6. The first kappa shape index (κ1) is 27.1. The van der Waals surface area contributed by atoms with Crippen LogP contribution in [0.5, 0.6) is 0 Å². The number of aromatic nitrogens is 2. The van der Waals surface area contributed by atoms with E-state index in [1.165, 1.54) is 4.57 Å². The Morgan fingerprint density at radius 3 is 2.27 bits per heavy atom. The lowest BCUT2D eigenvalue weighted by Crippen LogP contribution is -2.47. The van der Waals surface area contributed by atoms with Crippen molar-refractivity contribution in [2.75, 3.05) is 20.1 Å². The molecule has 2 aliphatic rings. The second-order valence-corrected chi connectivity index (χ2v) is 11.0. The summed E-state index contributed by atoms with van der Waals surface area (Å²) < 4.78 is 1.25. The number of carbonyl (C=O) groups is 2. The molecule has 1 aromatic carbocycles. The summed E-state index contributed by atoms with van der Waals surface area (Å²) in [7, 11) is 1.82. The van der Waals surface area contributed by atoms with Gasteiger partial charge in [-0.2, -0.15) is 0 Å². The second-order valence-electron chi connectivity index (χ2n) is 11.0. The predicted molar refractivity (Wildman–Crippen MR) is 142 cm³/mol. The third kappa shape index (κ3) is 5.98. The highest BCUT2D eigenvalue weighted by Crippen LogP contribution is 2.32. The molecule has 37 heavy (non-hydrogen) atoms. The molecule has 2 N–H and O–H groups in total. The van der Waals surface area contributed by atoms with Gasteiger partial charge in [-0.1, -0.05) is 6.07 Å². The minimum Gasteiger partial charge on any atom is -0.389 e. The summed E-state index contributed by atoms with van der Waals surface area (Å²) in [4.78, 5) is 57.9. The van der Waals surface area contributed by atoms with Gasteiger partial charge in [0.25, 0.3) is 5.56 Å². The molecular formula is C28H40N4O5. The number of carbonyl (C=O) groups excluding carboxylic acids is 2. The first-order valence-electron chi connectivity index (χ1n) is 13.6. The summed E-state index contributed by atoms with van der Waals surface area (Å²) in [5.41, 5.74) is 0.298. The van der Waals surface area contributed by atoms with Gasteiger partial charge in [-0.05, 0) is 82.9 Å². The van der Waals surface area contributed by atoms with Crippen molar-refractivity contribution in [1.29, 1.82) is 0 Å². The molecule has 2 saturated carbocycles. The van der Waals surface area contributed by atoms with Crippen LogP contribution in [0.3, 0.4) is 0 Å². The molecule has 0 saturated heterocycles. The van der Waals surface area contributed by atoms with Crippen molar-refractivity contribution in [3.8, 4) is 0 Å². The first-order valence-corrected chi connectivity index (χ1v) is 13.6. The monoisotopic (exact) mass is 512 g/mol. The largest absolute Gasteiger partial charge is 0.389 e. The fourth-order valence-electron chi connectivity index (χ4n) is 5.69. The van der Waals surface area contributed by atoms with Gasteiger partial charge in [0.1, 0.15) is 0 Å². The smallest absolute Gasteiger partial charge is 0.328 e. The number of nitrogens with zero attached hydrogens (tertiary/aromatic N) is 3. The number of rotatable bonds is 9. The molecule has 0 aliphatic heterocycles. The Bertz CT molecular complexity index is 1250. The normalized spacial score (nSPS) is 21.4. The van der Waals surface area contributed by atoms with Crippen LogP contribution in [0.4, 0.5) is 0 Å². The fourth-order valence-corrected chi connectivity index (χ4v) is 5.69. The zero-order valence-corrected chi connectivity index (χ0v) is 22.4. The average Bonchev–Trinajstić information content (AvgIpc) is 3.72. The van der Waals surface area contributed by atoms with Crippen LogP contribution < -0.4 is 11.2 Å². The molecule has 2 atom stereocenters. The Balaban J connectivity index is 1.35. The Morgan fingerprint density at radius 1 is 1.05 bits per heavy atom. The molecule has 0 spiro atoms. The van der Waals surface area contributed by atoms with Crippen LogP contribution in [0, 0.1) is 17.8 Å². The average molecular weight is 513 g/mol. The lowest BCUT2D eigenvalue weighted by atomic mass is 9.81. The summed E-state index contributed by atoms with van der Waals surface area (Å²) >= 11 is 0. The van der Waals surface area contributed by atoms with E-state index in [9.17, 15) is 24.3 Å². The van der Waals surface area contributed by atoms with E-state index >= 15 is 0 Å². The number of fused-ring (bicyclic) bond motifs is 1. The van der Waals surface area contributed by atoms with Gasteiger partial charge in [-0.15, -0.1) is 0 Å². The van der Waals surface area contributed by atoms with E-state index in [2.05, 4.69) is 4.98 Å². The standard InChI is InChI=1S/C28H40N4O5/c1-5-31(26(35)21-10-11-21)17(2)15-30(4)25(34)20-8-6-19(7-9-20)16-32-27(36)23-14-22(18(3)33)12-13-24(23)29-28(32)37/h12-14,17-21,33H,5-11,15-16H2,1-4H3,(H,29,37)/t17-,18?,19?,20?/m0/s1. The van der Waals surface area contributed by atoms with E-state index < -0.39 is 11.8 Å². The van der Waals surface area contributed by atoms with Crippen molar-refractivity contribution in [1.82, 2.24) is 19.4 Å². The topological polar surface area (TPSA) is 116 Å². The maximum Gasteiger partial charge on any atom is 0.328 e. The van der Waals surface area contributed by atoms with Crippen molar-refractivity contribution in [2.24, 2.45) is 17.8 Å². The minimum absolute atomic E-state index is 0.0239. The van der Waals surface area contributed by atoms with E-state index in [1.807, 2.05) is 25.8 Å². The van der Waals surface area contributed by atoms with E-state index in [4.69, 9.17) is 0 Å². The summed E-state index contributed by atoms with van der Waals surface area (Å²) in [5.74, 6) is 0.532. The molecule has 1 heterocycles. The van der Waals surface area contributed by atoms with Crippen LogP contribution in [0.2, 0.25) is 0 Å². The third-order valence-corrected chi connectivity index (χ3v) is 8.12. The van der Waals surface area contributed by atoms with Crippen molar-refractivity contribution in [3.63, 3.8) is 0 Å². The van der Waals surface area contributed by atoms with Gasteiger partial charge in [0, 0.05) is 44.6 Å². The van der Waals surface area contributed by atoms with Crippen molar-refractivity contribution in [2.45, 2.75) is 78.0 Å². The maximum atomic E-state index is 13.2. The zero-order chi connectivity index (χ0) is 26.9. The SMILES string of the molecule is CCN(C(=O)C1CC1)[C@@H](C)CN(C)C(=O)C1CCC(Cn2c(=O)[nH]c3ccc(C(C)O)cc3c2=O)CC1. The van der Waals surface area contributed by atoms with Gasteiger partial charge in [0.15, 0.2) is 0 Å². The highest BCUT2D eigenvalue weighted by atomic mass is 16.3. The molecular weight excluding hydrogens is 472 g/mol. The lowest BCUT2D eigenvalue weighted by molar-refractivity contribution is -0.140. The fraction of sp³-hybridized carbons (Fsp3) is 0.643. The summed E-state index contributed by atoms with van der Waals surface area (Å²) in [6.45, 7) is 7.10.